The van der Waals surface area contributed by atoms with E-state index in [0.717, 1.165) is 18.6 Å². The molecule has 0 bridgehead atoms. The van der Waals surface area contributed by atoms with Gasteiger partial charge in [-0.15, -0.1) is 0 Å². The highest BCUT2D eigenvalue weighted by molar-refractivity contribution is 7.92. The van der Waals surface area contributed by atoms with Gasteiger partial charge < -0.3 is 9.88 Å². The third-order valence-electron chi connectivity index (χ3n) is 2.85. The van der Waals surface area contributed by atoms with Gasteiger partial charge in [-0.2, -0.15) is 0 Å². The Labute approximate surface area is 129 Å². The number of rotatable bonds is 6. The van der Waals surface area contributed by atoms with E-state index < -0.39 is 10.0 Å². The van der Waals surface area contributed by atoms with Gasteiger partial charge in [0, 0.05) is 18.9 Å². The van der Waals surface area contributed by atoms with Crippen molar-refractivity contribution in [3.05, 3.63) is 41.4 Å². The van der Waals surface area contributed by atoms with Crippen LogP contribution in [0.1, 0.15) is 12.7 Å². The zero-order valence-corrected chi connectivity index (χ0v) is 13.4. The van der Waals surface area contributed by atoms with E-state index >= 15 is 0 Å². The molecule has 0 unspecified atom stereocenters. The molecule has 1 aromatic carbocycles. The number of anilines is 2. The van der Waals surface area contributed by atoms with E-state index in [1.165, 1.54) is 0 Å². The molecule has 8 heteroatoms. The zero-order chi connectivity index (χ0) is 15.5. The molecule has 0 atom stereocenters. The average molecular weight is 329 g/mol. The van der Waals surface area contributed by atoms with Crippen LogP contribution in [0.5, 0.6) is 0 Å². The maximum absolute atomic E-state index is 11.2. The summed E-state index contributed by atoms with van der Waals surface area (Å²) in [6.45, 7) is 3.37. The van der Waals surface area contributed by atoms with Crippen molar-refractivity contribution in [2.45, 2.75) is 20.0 Å². The molecule has 0 saturated heterocycles. The molecule has 0 saturated carbocycles. The van der Waals surface area contributed by atoms with Crippen LogP contribution in [-0.4, -0.2) is 24.2 Å². The highest BCUT2D eigenvalue weighted by Crippen LogP contribution is 2.26. The normalized spacial score (nSPS) is 11.4. The first-order valence-electron chi connectivity index (χ1n) is 6.40. The average Bonchev–Trinajstić information content (AvgIpc) is 2.85. The topological polar surface area (TPSA) is 76.0 Å². The number of nitrogens with zero attached hydrogens (tertiary/aromatic N) is 2. The molecule has 0 aliphatic heterocycles. The van der Waals surface area contributed by atoms with E-state index in [0.29, 0.717) is 22.9 Å². The predicted molar refractivity (Wildman–Crippen MR) is 85.1 cm³/mol. The molecule has 21 heavy (non-hydrogen) atoms. The van der Waals surface area contributed by atoms with Crippen molar-refractivity contribution in [3.8, 4) is 0 Å². The van der Waals surface area contributed by atoms with Crippen LogP contribution in [0.25, 0.3) is 0 Å². The molecule has 0 fully saturated rings. The lowest BCUT2D eigenvalue weighted by Crippen LogP contribution is -2.11. The monoisotopic (exact) mass is 328 g/mol. The fourth-order valence-electron chi connectivity index (χ4n) is 1.91. The Kier molecular flexibility index (Phi) is 4.74. The van der Waals surface area contributed by atoms with Crippen LogP contribution in [0, 0.1) is 0 Å². The van der Waals surface area contributed by atoms with Crippen molar-refractivity contribution in [1.29, 1.82) is 0 Å². The first-order chi connectivity index (χ1) is 9.89. The molecule has 2 N–H and O–H groups in total. The standard InChI is InChI=1S/C13H17ClN4O2S/c1-3-18-7-6-15-13(18)9-16-12-8-10(4-5-11(12)14)17-21(2,19)20/h4-8,16-17H,3,9H2,1-2H3. The molecule has 114 valence electrons. The van der Waals surface area contributed by atoms with E-state index in [1.807, 2.05) is 17.7 Å². The number of benzene rings is 1. The van der Waals surface area contributed by atoms with E-state index in [4.69, 9.17) is 11.6 Å². The van der Waals surface area contributed by atoms with E-state index in [2.05, 4.69) is 15.0 Å². The number of hydrogen-bond donors (Lipinski definition) is 2. The first kappa shape index (κ1) is 15.7. The first-order valence-corrected chi connectivity index (χ1v) is 8.67. The van der Waals surface area contributed by atoms with Crippen LogP contribution in [0.2, 0.25) is 5.02 Å². The van der Waals surface area contributed by atoms with E-state index in [-0.39, 0.29) is 0 Å². The van der Waals surface area contributed by atoms with Crippen molar-refractivity contribution in [1.82, 2.24) is 9.55 Å². The summed E-state index contributed by atoms with van der Waals surface area (Å²) >= 11 is 6.11. The summed E-state index contributed by atoms with van der Waals surface area (Å²) in [6, 6.07) is 4.91. The maximum Gasteiger partial charge on any atom is 0.229 e. The van der Waals surface area contributed by atoms with Gasteiger partial charge in [-0.1, -0.05) is 11.6 Å². The SMILES string of the molecule is CCn1ccnc1CNc1cc(NS(C)(=O)=O)ccc1Cl. The Hall–Kier alpha value is -1.73. The summed E-state index contributed by atoms with van der Waals surface area (Å²) in [5.74, 6) is 0.884. The van der Waals surface area contributed by atoms with E-state index in [9.17, 15) is 8.42 Å². The summed E-state index contributed by atoms with van der Waals surface area (Å²) in [4.78, 5) is 4.26. The number of aromatic nitrogens is 2. The fourth-order valence-corrected chi connectivity index (χ4v) is 2.65. The van der Waals surface area contributed by atoms with Crippen molar-refractivity contribution in [3.63, 3.8) is 0 Å². The molecule has 0 spiro atoms. The molecule has 0 aliphatic carbocycles. The van der Waals surface area contributed by atoms with Crippen LogP contribution < -0.4 is 10.0 Å². The van der Waals surface area contributed by atoms with Crippen molar-refractivity contribution in [2.24, 2.45) is 0 Å². The molecule has 0 radical (unpaired) electrons. The fraction of sp³-hybridized carbons (Fsp3) is 0.308. The van der Waals surface area contributed by atoms with Gasteiger partial charge in [0.05, 0.1) is 29.2 Å². The molecule has 1 aromatic heterocycles. The number of sulfonamides is 1. The van der Waals surface area contributed by atoms with Gasteiger partial charge in [-0.3, -0.25) is 4.72 Å². The van der Waals surface area contributed by atoms with Crippen molar-refractivity contribution in [2.75, 3.05) is 16.3 Å². The third kappa shape index (κ3) is 4.37. The number of aryl methyl sites for hydroxylation is 1. The minimum absolute atomic E-state index is 0.461. The maximum atomic E-state index is 11.2. The largest absolute Gasteiger partial charge is 0.377 e. The molecule has 1 heterocycles. The Morgan fingerprint density at radius 1 is 1.38 bits per heavy atom. The second-order valence-electron chi connectivity index (χ2n) is 4.55. The summed E-state index contributed by atoms with van der Waals surface area (Å²) in [5.41, 5.74) is 1.11. The van der Waals surface area contributed by atoms with Gasteiger partial charge in [0.15, 0.2) is 0 Å². The Morgan fingerprint density at radius 2 is 2.14 bits per heavy atom. The van der Waals surface area contributed by atoms with Crippen LogP contribution in [0.15, 0.2) is 30.6 Å². The minimum atomic E-state index is -3.31. The molecule has 2 aromatic rings. The quantitative estimate of drug-likeness (QED) is 0.854. The van der Waals surface area contributed by atoms with Gasteiger partial charge in [0.1, 0.15) is 5.82 Å². The smallest absolute Gasteiger partial charge is 0.229 e. The van der Waals surface area contributed by atoms with Crippen LogP contribution in [0.4, 0.5) is 11.4 Å². The van der Waals surface area contributed by atoms with Gasteiger partial charge in [-0.05, 0) is 25.1 Å². The predicted octanol–water partition coefficient (Wildman–Crippen LogP) is 2.54. The van der Waals surface area contributed by atoms with Gasteiger partial charge in [0.25, 0.3) is 0 Å². The lowest BCUT2D eigenvalue weighted by atomic mass is 10.3. The highest BCUT2D eigenvalue weighted by atomic mass is 35.5. The van der Waals surface area contributed by atoms with Gasteiger partial charge >= 0.3 is 0 Å². The number of nitrogens with one attached hydrogen (secondary N) is 2. The molecule has 2 rings (SSSR count). The number of hydrogen-bond acceptors (Lipinski definition) is 4. The summed E-state index contributed by atoms with van der Waals surface area (Å²) in [5, 5.41) is 3.68. The lowest BCUT2D eigenvalue weighted by Gasteiger charge is -2.11. The molecule has 0 amide bonds. The van der Waals surface area contributed by atoms with Gasteiger partial charge in [-0.25, -0.2) is 13.4 Å². The summed E-state index contributed by atoms with van der Waals surface area (Å²) in [7, 11) is -3.31. The van der Waals surface area contributed by atoms with Crippen molar-refractivity contribution >= 4 is 33.0 Å². The molecular formula is C13H17ClN4O2S. The Balaban J connectivity index is 2.14. The lowest BCUT2D eigenvalue weighted by molar-refractivity contribution is 0.607. The number of halogens is 1. The van der Waals surface area contributed by atoms with Crippen molar-refractivity contribution < 1.29 is 8.42 Å². The molecule has 6 nitrogen and oxygen atoms in total. The Bertz CT molecular complexity index is 728. The van der Waals surface area contributed by atoms with Crippen LogP contribution in [0.3, 0.4) is 0 Å². The third-order valence-corrected chi connectivity index (χ3v) is 3.79. The number of imidazole rings is 1. The van der Waals surface area contributed by atoms with Crippen LogP contribution >= 0.6 is 11.6 Å². The summed E-state index contributed by atoms with van der Waals surface area (Å²) in [6.07, 6.45) is 4.75. The molecular weight excluding hydrogens is 312 g/mol. The second-order valence-corrected chi connectivity index (χ2v) is 6.71. The highest BCUT2D eigenvalue weighted by Gasteiger charge is 2.07. The summed E-state index contributed by atoms with van der Waals surface area (Å²) < 4.78 is 26.9. The molecule has 0 aliphatic rings. The van der Waals surface area contributed by atoms with E-state index in [1.54, 1.807) is 24.4 Å². The van der Waals surface area contributed by atoms with Crippen LogP contribution in [-0.2, 0) is 23.1 Å². The van der Waals surface area contributed by atoms with Gasteiger partial charge in [0.2, 0.25) is 10.0 Å². The zero-order valence-electron chi connectivity index (χ0n) is 11.8. The second kappa shape index (κ2) is 6.36. The minimum Gasteiger partial charge on any atom is -0.377 e. The Morgan fingerprint density at radius 3 is 2.81 bits per heavy atom.